The zero-order valence-corrected chi connectivity index (χ0v) is 15.0. The maximum absolute atomic E-state index is 6.04. The number of hydrogen-bond acceptors (Lipinski definition) is 2. The van der Waals surface area contributed by atoms with Crippen molar-refractivity contribution < 1.29 is 0 Å². The van der Waals surface area contributed by atoms with Crippen LogP contribution in [0.1, 0.15) is 46.1 Å². The van der Waals surface area contributed by atoms with Crippen LogP contribution in [0.5, 0.6) is 0 Å². The molecule has 1 aromatic rings. The maximum Gasteiger partial charge on any atom is 0.0409 e. The Hall–Kier alpha value is -0.570. The summed E-state index contributed by atoms with van der Waals surface area (Å²) in [6.45, 7) is 12.3. The van der Waals surface area contributed by atoms with E-state index in [1.807, 2.05) is 12.1 Å². The van der Waals surface area contributed by atoms with E-state index in [0.29, 0.717) is 11.5 Å². The third-order valence-corrected chi connectivity index (χ3v) is 4.06. The highest BCUT2D eigenvalue weighted by Gasteiger charge is 2.23. The minimum absolute atomic E-state index is 0.298. The summed E-state index contributed by atoms with van der Waals surface area (Å²) >= 11 is 6.04. The molecule has 1 N–H and O–H groups in total. The lowest BCUT2D eigenvalue weighted by molar-refractivity contribution is 0.219. The van der Waals surface area contributed by atoms with E-state index < -0.39 is 0 Å². The van der Waals surface area contributed by atoms with Gasteiger partial charge in [0.1, 0.15) is 0 Å². The van der Waals surface area contributed by atoms with Crippen molar-refractivity contribution in [3.63, 3.8) is 0 Å². The highest BCUT2D eigenvalue weighted by Crippen LogP contribution is 2.22. The summed E-state index contributed by atoms with van der Waals surface area (Å²) in [6, 6.07) is 8.69. The zero-order valence-electron chi connectivity index (χ0n) is 14.2. The summed E-state index contributed by atoms with van der Waals surface area (Å²) in [4.78, 5) is 2.37. The van der Waals surface area contributed by atoms with Gasteiger partial charge in [0.25, 0.3) is 0 Å². The summed E-state index contributed by atoms with van der Waals surface area (Å²) < 4.78 is 0. The average Bonchev–Trinajstić information content (AvgIpc) is 2.37. The van der Waals surface area contributed by atoms with Crippen LogP contribution in [-0.2, 0) is 6.54 Å². The summed E-state index contributed by atoms with van der Waals surface area (Å²) in [7, 11) is 2.18. The molecule has 0 fully saturated rings. The second-order valence-corrected chi connectivity index (χ2v) is 7.47. The molecule has 0 aliphatic rings. The van der Waals surface area contributed by atoms with E-state index in [-0.39, 0.29) is 0 Å². The number of nitrogens with zero attached hydrogens (tertiary/aromatic N) is 1. The second-order valence-electron chi connectivity index (χ2n) is 7.03. The van der Waals surface area contributed by atoms with E-state index >= 15 is 0 Å². The first kappa shape index (κ1) is 18.5. The van der Waals surface area contributed by atoms with Gasteiger partial charge in [-0.25, -0.2) is 0 Å². The van der Waals surface area contributed by atoms with Crippen LogP contribution < -0.4 is 5.32 Å². The largest absolute Gasteiger partial charge is 0.313 e. The van der Waals surface area contributed by atoms with Gasteiger partial charge in [-0.15, -0.1) is 0 Å². The van der Waals surface area contributed by atoms with Gasteiger partial charge in [0.2, 0.25) is 0 Å². The lowest BCUT2D eigenvalue weighted by Crippen LogP contribution is -2.42. The standard InChI is InChI=1S/C18H31ClN2/c1-6-11-20-17(18(2,3)4)10-12-21(5)14-15-8-7-9-16(19)13-15/h7-9,13,17,20H,6,10-12,14H2,1-5H3. The Morgan fingerprint density at radius 2 is 2.00 bits per heavy atom. The van der Waals surface area contributed by atoms with E-state index in [0.717, 1.165) is 24.7 Å². The van der Waals surface area contributed by atoms with Crippen LogP contribution in [0.2, 0.25) is 5.02 Å². The SMILES string of the molecule is CCCNC(CCN(C)Cc1cccc(Cl)c1)C(C)(C)C. The Labute approximate surface area is 135 Å². The van der Waals surface area contributed by atoms with Crippen LogP contribution in [0.3, 0.4) is 0 Å². The van der Waals surface area contributed by atoms with Gasteiger partial charge in [0.15, 0.2) is 0 Å². The predicted molar refractivity (Wildman–Crippen MR) is 93.9 cm³/mol. The van der Waals surface area contributed by atoms with Gasteiger partial charge >= 0.3 is 0 Å². The first-order chi connectivity index (χ1) is 9.82. The van der Waals surface area contributed by atoms with Crippen LogP contribution in [-0.4, -0.2) is 31.1 Å². The first-order valence-corrected chi connectivity index (χ1v) is 8.37. The van der Waals surface area contributed by atoms with Crippen molar-refractivity contribution in [1.82, 2.24) is 10.2 Å². The molecule has 3 heteroatoms. The van der Waals surface area contributed by atoms with Gasteiger partial charge in [-0.2, -0.15) is 0 Å². The fourth-order valence-electron chi connectivity index (χ4n) is 2.54. The number of benzene rings is 1. The monoisotopic (exact) mass is 310 g/mol. The number of rotatable bonds is 8. The molecule has 0 spiro atoms. The Balaban J connectivity index is 2.47. The smallest absolute Gasteiger partial charge is 0.0409 e. The predicted octanol–water partition coefficient (Wildman–Crippen LogP) is 4.58. The molecule has 0 aliphatic heterocycles. The van der Waals surface area contributed by atoms with Gasteiger partial charge in [0.05, 0.1) is 0 Å². The van der Waals surface area contributed by atoms with Gasteiger partial charge in [0, 0.05) is 17.6 Å². The minimum Gasteiger partial charge on any atom is -0.313 e. The molecule has 0 amide bonds. The van der Waals surface area contributed by atoms with Crippen LogP contribution >= 0.6 is 11.6 Å². The van der Waals surface area contributed by atoms with Crippen molar-refractivity contribution in [3.05, 3.63) is 34.9 Å². The van der Waals surface area contributed by atoms with E-state index in [9.17, 15) is 0 Å². The molecule has 120 valence electrons. The van der Waals surface area contributed by atoms with Gasteiger partial charge in [-0.3, -0.25) is 0 Å². The number of nitrogens with one attached hydrogen (secondary N) is 1. The molecular formula is C18H31ClN2. The van der Waals surface area contributed by atoms with Crippen LogP contribution in [0.25, 0.3) is 0 Å². The van der Waals surface area contributed by atoms with E-state index in [4.69, 9.17) is 11.6 Å². The topological polar surface area (TPSA) is 15.3 Å². The van der Waals surface area contributed by atoms with Crippen molar-refractivity contribution in [2.75, 3.05) is 20.1 Å². The average molecular weight is 311 g/mol. The molecule has 0 aromatic heterocycles. The Morgan fingerprint density at radius 1 is 1.29 bits per heavy atom. The molecule has 1 unspecified atom stereocenters. The van der Waals surface area contributed by atoms with E-state index in [2.05, 4.69) is 57.1 Å². The molecule has 2 nitrogen and oxygen atoms in total. The Morgan fingerprint density at radius 3 is 2.57 bits per heavy atom. The molecule has 0 radical (unpaired) electrons. The third kappa shape index (κ3) is 7.30. The fourth-order valence-corrected chi connectivity index (χ4v) is 2.75. The molecular weight excluding hydrogens is 280 g/mol. The molecule has 21 heavy (non-hydrogen) atoms. The van der Waals surface area contributed by atoms with Crippen molar-refractivity contribution in [1.29, 1.82) is 0 Å². The third-order valence-electron chi connectivity index (χ3n) is 3.83. The highest BCUT2D eigenvalue weighted by molar-refractivity contribution is 6.30. The van der Waals surface area contributed by atoms with Crippen LogP contribution in [0.4, 0.5) is 0 Å². The van der Waals surface area contributed by atoms with Crippen molar-refractivity contribution in [2.24, 2.45) is 5.41 Å². The molecule has 0 bridgehead atoms. The minimum atomic E-state index is 0.298. The molecule has 1 rings (SSSR count). The fraction of sp³-hybridized carbons (Fsp3) is 0.667. The molecule has 0 saturated heterocycles. The van der Waals surface area contributed by atoms with Crippen LogP contribution in [0.15, 0.2) is 24.3 Å². The molecule has 0 heterocycles. The normalized spacial score (nSPS) is 13.7. The Kier molecular flexibility index (Phi) is 7.72. The lowest BCUT2D eigenvalue weighted by atomic mass is 9.84. The summed E-state index contributed by atoms with van der Waals surface area (Å²) in [6.07, 6.45) is 2.35. The number of hydrogen-bond donors (Lipinski definition) is 1. The van der Waals surface area contributed by atoms with Crippen LogP contribution in [0, 0.1) is 5.41 Å². The summed E-state index contributed by atoms with van der Waals surface area (Å²) in [5.41, 5.74) is 1.57. The van der Waals surface area contributed by atoms with Crippen molar-refractivity contribution in [3.8, 4) is 0 Å². The molecule has 0 aliphatic carbocycles. The quantitative estimate of drug-likeness (QED) is 0.756. The molecule has 1 aromatic carbocycles. The maximum atomic E-state index is 6.04. The van der Waals surface area contributed by atoms with E-state index in [1.54, 1.807) is 0 Å². The number of halogens is 1. The van der Waals surface area contributed by atoms with E-state index in [1.165, 1.54) is 18.4 Å². The second kappa shape index (κ2) is 8.77. The van der Waals surface area contributed by atoms with Gasteiger partial charge in [-0.05, 0) is 56.1 Å². The first-order valence-electron chi connectivity index (χ1n) is 7.99. The zero-order chi connectivity index (χ0) is 15.9. The summed E-state index contributed by atoms with van der Waals surface area (Å²) in [5, 5.41) is 4.51. The molecule has 1 atom stereocenters. The Bertz CT molecular complexity index is 412. The molecule has 0 saturated carbocycles. The van der Waals surface area contributed by atoms with Crippen molar-refractivity contribution in [2.45, 2.75) is 53.1 Å². The highest BCUT2D eigenvalue weighted by atomic mass is 35.5. The van der Waals surface area contributed by atoms with Crippen molar-refractivity contribution >= 4 is 11.6 Å². The van der Waals surface area contributed by atoms with Gasteiger partial charge in [-0.1, -0.05) is 51.4 Å². The van der Waals surface area contributed by atoms with Gasteiger partial charge < -0.3 is 10.2 Å². The summed E-state index contributed by atoms with van der Waals surface area (Å²) in [5.74, 6) is 0. The lowest BCUT2D eigenvalue weighted by Gasteiger charge is -2.33.